The van der Waals surface area contributed by atoms with E-state index in [2.05, 4.69) is 10.3 Å². The Morgan fingerprint density at radius 1 is 1.45 bits per heavy atom. The normalized spacial score (nSPS) is 9.77. The summed E-state index contributed by atoms with van der Waals surface area (Å²) in [5, 5.41) is 6.98. The van der Waals surface area contributed by atoms with Crippen molar-refractivity contribution in [2.45, 2.75) is 13.3 Å². The van der Waals surface area contributed by atoms with Crippen molar-refractivity contribution in [3.63, 3.8) is 0 Å². The number of carbonyl (C=O) groups is 1. The summed E-state index contributed by atoms with van der Waals surface area (Å²) < 4.78 is 5.63. The molecule has 1 amide bonds. The fraction of sp³-hybridized carbons (Fsp3) is 0.429. The number of rotatable bonds is 6. The van der Waals surface area contributed by atoms with Crippen molar-refractivity contribution in [3.05, 3.63) is 28.3 Å². The standard InChI is InChI=1S/C14H19N3O2S.2ClH/c1-10-12(8-13(18)17(3)6-5-15-2)16-14(19-10)11-4-7-20-9-11;;/h4,7,9,15H,5-6,8H2,1-3H3;2*1H. The topological polar surface area (TPSA) is 58.4 Å². The monoisotopic (exact) mass is 365 g/mol. The van der Waals surface area contributed by atoms with E-state index < -0.39 is 0 Å². The first-order valence-corrected chi connectivity index (χ1v) is 7.43. The molecule has 0 atom stereocenters. The molecule has 1 N–H and O–H groups in total. The first kappa shape index (κ1) is 20.9. The van der Waals surface area contributed by atoms with Crippen LogP contribution in [0, 0.1) is 6.92 Å². The van der Waals surface area contributed by atoms with Crippen LogP contribution in [-0.2, 0) is 11.2 Å². The molecule has 0 saturated heterocycles. The van der Waals surface area contributed by atoms with E-state index in [0.717, 1.165) is 12.1 Å². The number of amides is 1. The molecule has 0 aliphatic carbocycles. The number of nitrogens with zero attached hydrogens (tertiary/aromatic N) is 2. The van der Waals surface area contributed by atoms with Gasteiger partial charge >= 0.3 is 0 Å². The highest BCUT2D eigenvalue weighted by Crippen LogP contribution is 2.24. The SMILES string of the molecule is CNCCN(C)C(=O)Cc1nc(-c2ccsc2)oc1C.Cl.Cl. The van der Waals surface area contributed by atoms with Crippen molar-refractivity contribution in [2.75, 3.05) is 27.2 Å². The first-order chi connectivity index (χ1) is 9.61. The van der Waals surface area contributed by atoms with Gasteiger partial charge in [-0.15, -0.1) is 24.8 Å². The molecule has 0 aliphatic heterocycles. The minimum absolute atomic E-state index is 0. The summed E-state index contributed by atoms with van der Waals surface area (Å²) in [7, 11) is 3.67. The number of oxazole rings is 1. The van der Waals surface area contributed by atoms with Crippen LogP contribution in [0.4, 0.5) is 0 Å². The van der Waals surface area contributed by atoms with Crippen LogP contribution < -0.4 is 5.32 Å². The molecular weight excluding hydrogens is 345 g/mol. The smallest absolute Gasteiger partial charge is 0.228 e. The van der Waals surface area contributed by atoms with E-state index in [0.29, 0.717) is 23.9 Å². The molecular formula is C14H21Cl2N3O2S. The summed E-state index contributed by atoms with van der Waals surface area (Å²) in [6.07, 6.45) is 0.277. The lowest BCUT2D eigenvalue weighted by molar-refractivity contribution is -0.129. The Bertz CT molecular complexity index is 573. The van der Waals surface area contributed by atoms with E-state index in [1.165, 1.54) is 0 Å². The molecule has 8 heteroatoms. The van der Waals surface area contributed by atoms with Crippen LogP contribution >= 0.6 is 36.2 Å². The molecule has 22 heavy (non-hydrogen) atoms. The maximum atomic E-state index is 12.1. The molecule has 0 bridgehead atoms. The number of carbonyl (C=O) groups excluding carboxylic acids is 1. The van der Waals surface area contributed by atoms with Gasteiger partial charge in [0.05, 0.1) is 12.1 Å². The Labute approximate surface area is 146 Å². The second kappa shape index (κ2) is 9.84. The number of hydrogen-bond donors (Lipinski definition) is 1. The van der Waals surface area contributed by atoms with Gasteiger partial charge in [0, 0.05) is 31.1 Å². The minimum Gasteiger partial charge on any atom is -0.441 e. The van der Waals surface area contributed by atoms with Crippen molar-refractivity contribution in [1.82, 2.24) is 15.2 Å². The zero-order valence-corrected chi connectivity index (χ0v) is 15.2. The highest BCUT2D eigenvalue weighted by molar-refractivity contribution is 7.08. The van der Waals surface area contributed by atoms with E-state index in [1.807, 2.05) is 30.8 Å². The molecule has 0 saturated carbocycles. The Hall–Kier alpha value is -1.08. The van der Waals surface area contributed by atoms with Crippen molar-refractivity contribution in [1.29, 1.82) is 0 Å². The van der Waals surface area contributed by atoms with Gasteiger partial charge in [-0.1, -0.05) is 0 Å². The molecule has 0 spiro atoms. The number of aryl methyl sites for hydroxylation is 1. The number of thiophene rings is 1. The zero-order valence-electron chi connectivity index (χ0n) is 12.8. The summed E-state index contributed by atoms with van der Waals surface area (Å²) >= 11 is 1.60. The number of hydrogen-bond acceptors (Lipinski definition) is 5. The first-order valence-electron chi connectivity index (χ1n) is 6.49. The van der Waals surface area contributed by atoms with Crippen LogP contribution in [0.3, 0.4) is 0 Å². The fourth-order valence-electron chi connectivity index (χ4n) is 1.78. The van der Waals surface area contributed by atoms with E-state index >= 15 is 0 Å². The Balaban J connectivity index is 0.00000220. The summed E-state index contributed by atoms with van der Waals surface area (Å²) in [6.45, 7) is 3.31. The molecule has 0 fully saturated rings. The summed E-state index contributed by atoms with van der Waals surface area (Å²) in [4.78, 5) is 18.2. The number of likely N-dealkylation sites (N-methyl/N-ethyl adjacent to an activating group) is 2. The van der Waals surface area contributed by atoms with Gasteiger partial charge in [-0.25, -0.2) is 4.98 Å². The molecule has 0 aromatic carbocycles. The third-order valence-electron chi connectivity index (χ3n) is 3.10. The van der Waals surface area contributed by atoms with Gasteiger partial charge in [-0.05, 0) is 25.4 Å². The predicted molar refractivity (Wildman–Crippen MR) is 94.3 cm³/mol. The van der Waals surface area contributed by atoms with E-state index in [1.54, 1.807) is 23.3 Å². The van der Waals surface area contributed by atoms with Crippen LogP contribution in [0.15, 0.2) is 21.2 Å². The average molecular weight is 366 g/mol. The van der Waals surface area contributed by atoms with Crippen LogP contribution in [0.2, 0.25) is 0 Å². The van der Waals surface area contributed by atoms with Crippen molar-refractivity contribution < 1.29 is 9.21 Å². The molecule has 0 unspecified atom stereocenters. The molecule has 2 aromatic heterocycles. The second-order valence-electron chi connectivity index (χ2n) is 4.63. The molecule has 2 heterocycles. The molecule has 124 valence electrons. The Kier molecular flexibility index (Phi) is 9.36. The summed E-state index contributed by atoms with van der Waals surface area (Å²) in [6, 6.07) is 1.96. The van der Waals surface area contributed by atoms with Crippen molar-refractivity contribution in [2.24, 2.45) is 0 Å². The van der Waals surface area contributed by atoms with Gasteiger partial charge in [0.1, 0.15) is 5.76 Å². The molecule has 0 aliphatic rings. The van der Waals surface area contributed by atoms with Crippen molar-refractivity contribution >= 4 is 42.1 Å². The zero-order chi connectivity index (χ0) is 14.5. The molecule has 5 nitrogen and oxygen atoms in total. The Morgan fingerprint density at radius 3 is 2.77 bits per heavy atom. The molecule has 2 rings (SSSR count). The Morgan fingerprint density at radius 2 is 2.18 bits per heavy atom. The number of aromatic nitrogens is 1. The number of nitrogens with one attached hydrogen (secondary N) is 1. The van der Waals surface area contributed by atoms with Gasteiger partial charge in [-0.2, -0.15) is 11.3 Å². The second-order valence-corrected chi connectivity index (χ2v) is 5.41. The minimum atomic E-state index is 0. The average Bonchev–Trinajstić information content (AvgIpc) is 3.06. The van der Waals surface area contributed by atoms with E-state index in [9.17, 15) is 4.79 Å². The highest BCUT2D eigenvalue weighted by atomic mass is 35.5. The maximum Gasteiger partial charge on any atom is 0.228 e. The van der Waals surface area contributed by atoms with Crippen LogP contribution in [0.5, 0.6) is 0 Å². The molecule has 2 aromatic rings. The van der Waals surface area contributed by atoms with Crippen LogP contribution in [0.25, 0.3) is 11.5 Å². The van der Waals surface area contributed by atoms with Crippen LogP contribution in [0.1, 0.15) is 11.5 Å². The lowest BCUT2D eigenvalue weighted by atomic mass is 10.2. The third kappa shape index (κ3) is 5.28. The third-order valence-corrected chi connectivity index (χ3v) is 3.79. The summed E-state index contributed by atoms with van der Waals surface area (Å²) in [5.41, 5.74) is 1.67. The maximum absolute atomic E-state index is 12.1. The van der Waals surface area contributed by atoms with Gasteiger partial charge in [0.2, 0.25) is 11.8 Å². The predicted octanol–water partition coefficient (Wildman–Crippen LogP) is 2.78. The lowest BCUT2D eigenvalue weighted by Gasteiger charge is -2.16. The van der Waals surface area contributed by atoms with E-state index in [4.69, 9.17) is 4.42 Å². The number of halogens is 2. The highest BCUT2D eigenvalue weighted by Gasteiger charge is 2.17. The molecule has 0 radical (unpaired) electrons. The van der Waals surface area contributed by atoms with Crippen molar-refractivity contribution in [3.8, 4) is 11.5 Å². The largest absolute Gasteiger partial charge is 0.441 e. The van der Waals surface area contributed by atoms with E-state index in [-0.39, 0.29) is 37.1 Å². The van der Waals surface area contributed by atoms with Gasteiger partial charge < -0.3 is 14.6 Å². The van der Waals surface area contributed by atoms with Gasteiger partial charge in [-0.3, -0.25) is 4.79 Å². The van der Waals surface area contributed by atoms with Crippen LogP contribution in [-0.4, -0.2) is 43.0 Å². The lowest BCUT2D eigenvalue weighted by Crippen LogP contribution is -2.33. The van der Waals surface area contributed by atoms with Gasteiger partial charge in [0.15, 0.2) is 0 Å². The fourth-order valence-corrected chi connectivity index (χ4v) is 2.41. The quantitative estimate of drug-likeness (QED) is 0.854. The van der Waals surface area contributed by atoms with Gasteiger partial charge in [0.25, 0.3) is 0 Å². The summed E-state index contributed by atoms with van der Waals surface area (Å²) in [5.74, 6) is 1.35.